The third-order valence-electron chi connectivity index (χ3n) is 2.22. The first-order valence-electron chi connectivity index (χ1n) is 5.47. The van der Waals surface area contributed by atoms with Crippen LogP contribution in [0.4, 0.5) is 0 Å². The summed E-state index contributed by atoms with van der Waals surface area (Å²) < 4.78 is 10.5. The number of benzene rings is 1. The molecule has 5 heteroatoms. The van der Waals surface area contributed by atoms with E-state index in [1.54, 1.807) is 13.2 Å². The number of hydrogen-bond acceptors (Lipinski definition) is 4. The van der Waals surface area contributed by atoms with E-state index in [1.807, 2.05) is 30.3 Å². The summed E-state index contributed by atoms with van der Waals surface area (Å²) in [5.41, 5.74) is 1.07. The fourth-order valence-corrected chi connectivity index (χ4v) is 1.63. The van der Waals surface area contributed by atoms with Gasteiger partial charge in [0, 0.05) is 13.2 Å². The highest BCUT2D eigenvalue weighted by molar-refractivity contribution is 6.29. The Kier molecular flexibility index (Phi) is 4.50. The van der Waals surface area contributed by atoms with Crippen LogP contribution in [0.25, 0.3) is 0 Å². The topological polar surface area (TPSA) is 44.2 Å². The van der Waals surface area contributed by atoms with Crippen LogP contribution in [0.5, 0.6) is 5.88 Å². The lowest BCUT2D eigenvalue weighted by Crippen LogP contribution is -2.02. The van der Waals surface area contributed by atoms with Gasteiger partial charge in [0.1, 0.15) is 18.4 Å². The molecule has 4 nitrogen and oxygen atoms in total. The van der Waals surface area contributed by atoms with Crippen molar-refractivity contribution in [3.8, 4) is 5.88 Å². The van der Waals surface area contributed by atoms with Crippen LogP contribution in [0.15, 0.2) is 36.4 Å². The summed E-state index contributed by atoms with van der Waals surface area (Å²) >= 11 is 5.88. The van der Waals surface area contributed by atoms with Crippen molar-refractivity contribution in [2.45, 2.75) is 13.2 Å². The van der Waals surface area contributed by atoms with Gasteiger partial charge in [0.25, 0.3) is 0 Å². The lowest BCUT2D eigenvalue weighted by molar-refractivity contribution is 0.176. The van der Waals surface area contributed by atoms with Gasteiger partial charge >= 0.3 is 0 Å². The molecule has 0 spiro atoms. The Morgan fingerprint density at radius 3 is 2.61 bits per heavy atom. The quantitative estimate of drug-likeness (QED) is 0.779. The summed E-state index contributed by atoms with van der Waals surface area (Å²) in [5.74, 6) is 0.957. The average molecular weight is 265 g/mol. The first kappa shape index (κ1) is 12.8. The van der Waals surface area contributed by atoms with Crippen molar-refractivity contribution in [3.63, 3.8) is 0 Å². The van der Waals surface area contributed by atoms with E-state index in [4.69, 9.17) is 21.1 Å². The summed E-state index contributed by atoms with van der Waals surface area (Å²) in [6.45, 7) is 0.753. The van der Waals surface area contributed by atoms with Crippen LogP contribution in [0.3, 0.4) is 0 Å². The molecular formula is C13H13ClN2O2. The van der Waals surface area contributed by atoms with Crippen molar-refractivity contribution >= 4 is 11.6 Å². The molecule has 0 saturated heterocycles. The molecule has 0 bridgehead atoms. The molecule has 0 radical (unpaired) electrons. The molecule has 0 fully saturated rings. The van der Waals surface area contributed by atoms with Crippen LogP contribution in [0, 0.1) is 0 Å². The maximum Gasteiger partial charge on any atom is 0.218 e. The molecule has 1 aromatic heterocycles. The number of aromatic nitrogens is 2. The fourth-order valence-electron chi connectivity index (χ4n) is 1.44. The molecule has 1 heterocycles. The Morgan fingerprint density at radius 2 is 1.89 bits per heavy atom. The van der Waals surface area contributed by atoms with E-state index in [9.17, 15) is 0 Å². The van der Waals surface area contributed by atoms with Gasteiger partial charge in [0.2, 0.25) is 5.88 Å². The first-order chi connectivity index (χ1) is 8.78. The molecule has 0 aliphatic carbocycles. The molecule has 0 amide bonds. The summed E-state index contributed by atoms with van der Waals surface area (Å²) in [5, 5.41) is 0.347. The SMILES string of the molecule is COCc1nc(Cl)cc(OCc2ccccc2)n1. The molecule has 0 N–H and O–H groups in total. The minimum absolute atomic E-state index is 0.308. The molecule has 0 atom stereocenters. The lowest BCUT2D eigenvalue weighted by atomic mass is 10.2. The molecule has 0 aliphatic rings. The highest BCUT2D eigenvalue weighted by Gasteiger charge is 2.04. The monoisotopic (exact) mass is 264 g/mol. The normalized spacial score (nSPS) is 10.3. The minimum Gasteiger partial charge on any atom is -0.473 e. The zero-order valence-electron chi connectivity index (χ0n) is 9.97. The van der Waals surface area contributed by atoms with Gasteiger partial charge in [-0.25, -0.2) is 4.98 Å². The van der Waals surface area contributed by atoms with Gasteiger partial charge in [-0.3, -0.25) is 0 Å². The standard InChI is InChI=1S/C13H13ClN2O2/c1-17-9-12-15-11(14)7-13(16-12)18-8-10-5-3-2-4-6-10/h2-7H,8-9H2,1H3. The van der Waals surface area contributed by atoms with E-state index in [0.717, 1.165) is 5.56 Å². The number of halogens is 1. The number of ether oxygens (including phenoxy) is 2. The third-order valence-corrected chi connectivity index (χ3v) is 2.41. The maximum absolute atomic E-state index is 5.88. The molecule has 2 rings (SSSR count). The van der Waals surface area contributed by atoms with Crippen molar-refractivity contribution in [2.24, 2.45) is 0 Å². The van der Waals surface area contributed by atoms with Gasteiger partial charge in [-0.2, -0.15) is 4.98 Å². The Hall–Kier alpha value is -1.65. The van der Waals surface area contributed by atoms with E-state index >= 15 is 0 Å². The van der Waals surface area contributed by atoms with Crippen molar-refractivity contribution in [2.75, 3.05) is 7.11 Å². The van der Waals surface area contributed by atoms with E-state index in [-0.39, 0.29) is 0 Å². The van der Waals surface area contributed by atoms with Crippen LogP contribution >= 0.6 is 11.6 Å². The number of methoxy groups -OCH3 is 1. The largest absolute Gasteiger partial charge is 0.473 e. The average Bonchev–Trinajstić information content (AvgIpc) is 2.37. The van der Waals surface area contributed by atoms with Gasteiger partial charge < -0.3 is 9.47 Å². The van der Waals surface area contributed by atoms with E-state index in [0.29, 0.717) is 30.1 Å². The van der Waals surface area contributed by atoms with Gasteiger partial charge in [-0.15, -0.1) is 0 Å². The van der Waals surface area contributed by atoms with E-state index < -0.39 is 0 Å². The minimum atomic E-state index is 0.308. The molecule has 0 unspecified atom stereocenters. The summed E-state index contributed by atoms with van der Waals surface area (Å²) in [4.78, 5) is 8.22. The summed E-state index contributed by atoms with van der Waals surface area (Å²) in [6.07, 6.45) is 0. The Morgan fingerprint density at radius 1 is 1.11 bits per heavy atom. The Bertz CT molecular complexity index is 506. The van der Waals surface area contributed by atoms with Crippen LogP contribution in [0.2, 0.25) is 5.15 Å². The second-order valence-corrected chi connectivity index (χ2v) is 4.04. The fraction of sp³-hybridized carbons (Fsp3) is 0.231. The highest BCUT2D eigenvalue weighted by atomic mass is 35.5. The van der Waals surface area contributed by atoms with Crippen molar-refractivity contribution < 1.29 is 9.47 Å². The van der Waals surface area contributed by atoms with Crippen LogP contribution in [0.1, 0.15) is 11.4 Å². The molecular weight excluding hydrogens is 252 g/mol. The zero-order chi connectivity index (χ0) is 12.8. The van der Waals surface area contributed by atoms with Crippen molar-refractivity contribution in [1.29, 1.82) is 0 Å². The van der Waals surface area contributed by atoms with Gasteiger partial charge in [-0.05, 0) is 5.56 Å². The van der Waals surface area contributed by atoms with E-state index in [2.05, 4.69) is 9.97 Å². The second kappa shape index (κ2) is 6.33. The predicted molar refractivity (Wildman–Crippen MR) is 68.5 cm³/mol. The number of rotatable bonds is 5. The zero-order valence-corrected chi connectivity index (χ0v) is 10.7. The number of nitrogens with zero attached hydrogens (tertiary/aromatic N) is 2. The molecule has 0 saturated carbocycles. The predicted octanol–water partition coefficient (Wildman–Crippen LogP) is 2.86. The second-order valence-electron chi connectivity index (χ2n) is 3.65. The van der Waals surface area contributed by atoms with Crippen LogP contribution in [-0.2, 0) is 18.0 Å². The molecule has 0 aliphatic heterocycles. The van der Waals surface area contributed by atoms with E-state index in [1.165, 1.54) is 0 Å². The molecule has 2 aromatic rings. The van der Waals surface area contributed by atoms with Crippen LogP contribution in [-0.4, -0.2) is 17.1 Å². The van der Waals surface area contributed by atoms with Gasteiger partial charge in [0.05, 0.1) is 0 Å². The first-order valence-corrected chi connectivity index (χ1v) is 5.85. The molecule has 94 valence electrons. The summed E-state index contributed by atoms with van der Waals surface area (Å²) in [7, 11) is 1.58. The van der Waals surface area contributed by atoms with Crippen LogP contribution < -0.4 is 4.74 Å². The number of hydrogen-bond donors (Lipinski definition) is 0. The smallest absolute Gasteiger partial charge is 0.218 e. The van der Waals surface area contributed by atoms with Gasteiger partial charge in [0.15, 0.2) is 5.82 Å². The summed E-state index contributed by atoms with van der Waals surface area (Å²) in [6, 6.07) is 11.4. The van der Waals surface area contributed by atoms with Crippen molar-refractivity contribution in [3.05, 3.63) is 52.9 Å². The Labute approximate surface area is 111 Å². The highest BCUT2D eigenvalue weighted by Crippen LogP contribution is 2.15. The maximum atomic E-state index is 5.88. The Balaban J connectivity index is 2.05. The molecule has 1 aromatic carbocycles. The lowest BCUT2D eigenvalue weighted by Gasteiger charge is -2.07. The van der Waals surface area contributed by atoms with Crippen molar-refractivity contribution in [1.82, 2.24) is 9.97 Å². The molecule has 18 heavy (non-hydrogen) atoms. The van der Waals surface area contributed by atoms with Gasteiger partial charge in [-0.1, -0.05) is 41.9 Å². The third kappa shape index (κ3) is 3.68.